The van der Waals surface area contributed by atoms with Crippen molar-refractivity contribution < 1.29 is 4.74 Å². The van der Waals surface area contributed by atoms with E-state index in [1.165, 1.54) is 56.4 Å². The molecular weight excluding hydrogens is 396 g/mol. The third-order valence-electron chi connectivity index (χ3n) is 6.73. The molecule has 0 aliphatic carbocycles. The molecule has 5 heteroatoms. The maximum atomic E-state index is 8.95. The third-order valence-corrected chi connectivity index (χ3v) is 6.73. The number of benzene rings is 2. The fourth-order valence-corrected chi connectivity index (χ4v) is 5.09. The number of fused-ring (bicyclic) bond motifs is 1. The van der Waals surface area contributed by atoms with Crippen LogP contribution in [0, 0.1) is 18.3 Å². The molecule has 3 heterocycles. The maximum absolute atomic E-state index is 8.95. The second kappa shape index (κ2) is 9.18. The Kier molecular flexibility index (Phi) is 5.96. The van der Waals surface area contributed by atoms with Gasteiger partial charge in [0.05, 0.1) is 17.1 Å². The first kappa shape index (κ1) is 20.8. The van der Waals surface area contributed by atoms with Gasteiger partial charge in [-0.2, -0.15) is 5.26 Å². The number of ether oxygens (including phenoxy) is 1. The number of hydrogen-bond donors (Lipinski definition) is 0. The van der Waals surface area contributed by atoms with Crippen LogP contribution in [-0.4, -0.2) is 42.1 Å². The van der Waals surface area contributed by atoms with E-state index in [1.807, 2.05) is 24.3 Å². The molecule has 0 spiro atoms. The van der Waals surface area contributed by atoms with E-state index in [4.69, 9.17) is 15.0 Å². The average molecular weight is 427 g/mol. The summed E-state index contributed by atoms with van der Waals surface area (Å²) in [5.41, 5.74) is 5.06. The Hall–Kier alpha value is -3.10. The summed E-state index contributed by atoms with van der Waals surface area (Å²) in [6.07, 6.45) is 5.21. The van der Waals surface area contributed by atoms with Gasteiger partial charge in [0.15, 0.2) is 0 Å². The van der Waals surface area contributed by atoms with E-state index in [2.05, 4.69) is 47.1 Å². The van der Waals surface area contributed by atoms with Crippen LogP contribution in [0.5, 0.6) is 5.75 Å². The Labute approximate surface area is 190 Å². The van der Waals surface area contributed by atoms with Gasteiger partial charge in [0.25, 0.3) is 0 Å². The molecule has 1 atom stereocenters. The number of pyridine rings is 1. The molecule has 1 aromatic heterocycles. The van der Waals surface area contributed by atoms with Gasteiger partial charge in [-0.1, -0.05) is 12.1 Å². The standard InChI is InChI=1S/C27H30N4O/c1-20-15-27(31-14-4-5-23(31)18-30-12-2-3-13-30)25-11-10-24(16-26(25)29-20)32-19-22-8-6-21(17-28)7-9-22/h6-11,15-16,23H,2-5,12-14,18-19H2,1H3. The maximum Gasteiger partial charge on any atom is 0.122 e. The summed E-state index contributed by atoms with van der Waals surface area (Å²) >= 11 is 0. The van der Waals surface area contributed by atoms with Crippen molar-refractivity contribution in [2.24, 2.45) is 0 Å². The summed E-state index contributed by atoms with van der Waals surface area (Å²) in [5, 5.41) is 10.2. The first-order chi connectivity index (χ1) is 15.7. The Bertz CT molecular complexity index is 1130. The van der Waals surface area contributed by atoms with Crippen molar-refractivity contribution in [2.75, 3.05) is 31.1 Å². The molecule has 2 fully saturated rings. The highest BCUT2D eigenvalue weighted by Gasteiger charge is 2.29. The average Bonchev–Trinajstić information content (AvgIpc) is 3.50. The highest BCUT2D eigenvalue weighted by molar-refractivity contribution is 5.93. The van der Waals surface area contributed by atoms with Crippen LogP contribution < -0.4 is 9.64 Å². The molecule has 0 radical (unpaired) electrons. The van der Waals surface area contributed by atoms with E-state index >= 15 is 0 Å². The highest BCUT2D eigenvalue weighted by atomic mass is 16.5. The molecule has 0 saturated carbocycles. The number of likely N-dealkylation sites (tertiary alicyclic amines) is 1. The quantitative estimate of drug-likeness (QED) is 0.552. The topological polar surface area (TPSA) is 52.4 Å². The van der Waals surface area contributed by atoms with Gasteiger partial charge in [0.2, 0.25) is 0 Å². The molecule has 0 bridgehead atoms. The molecule has 2 aliphatic rings. The Morgan fingerprint density at radius 2 is 1.84 bits per heavy atom. The third kappa shape index (κ3) is 4.42. The predicted molar refractivity (Wildman–Crippen MR) is 128 cm³/mol. The number of aromatic nitrogens is 1. The van der Waals surface area contributed by atoms with Gasteiger partial charge in [-0.3, -0.25) is 4.98 Å². The summed E-state index contributed by atoms with van der Waals surface area (Å²) in [4.78, 5) is 10.1. The number of aryl methyl sites for hydroxylation is 1. The first-order valence-corrected chi connectivity index (χ1v) is 11.7. The van der Waals surface area contributed by atoms with Crippen molar-refractivity contribution in [3.05, 3.63) is 65.4 Å². The van der Waals surface area contributed by atoms with Gasteiger partial charge in [-0.15, -0.1) is 0 Å². The molecule has 3 aromatic rings. The molecule has 2 aromatic carbocycles. The Morgan fingerprint density at radius 1 is 1.03 bits per heavy atom. The number of rotatable bonds is 6. The smallest absolute Gasteiger partial charge is 0.122 e. The lowest BCUT2D eigenvalue weighted by Gasteiger charge is -2.31. The zero-order valence-electron chi connectivity index (χ0n) is 18.8. The van der Waals surface area contributed by atoms with Crippen LogP contribution in [0.15, 0.2) is 48.5 Å². The van der Waals surface area contributed by atoms with Crippen LogP contribution in [0.2, 0.25) is 0 Å². The second-order valence-corrected chi connectivity index (χ2v) is 9.06. The zero-order valence-corrected chi connectivity index (χ0v) is 18.8. The Balaban J connectivity index is 1.36. The first-order valence-electron chi connectivity index (χ1n) is 11.7. The molecule has 1 unspecified atom stereocenters. The van der Waals surface area contributed by atoms with Gasteiger partial charge in [-0.05, 0) is 81.6 Å². The summed E-state index contributed by atoms with van der Waals surface area (Å²) in [7, 11) is 0. The van der Waals surface area contributed by atoms with Crippen LogP contribution in [0.3, 0.4) is 0 Å². The lowest BCUT2D eigenvalue weighted by Crippen LogP contribution is -2.39. The molecule has 2 aliphatic heterocycles. The van der Waals surface area contributed by atoms with E-state index in [0.29, 0.717) is 18.2 Å². The molecule has 164 valence electrons. The van der Waals surface area contributed by atoms with Gasteiger partial charge >= 0.3 is 0 Å². The zero-order chi connectivity index (χ0) is 21.9. The minimum atomic E-state index is 0.472. The van der Waals surface area contributed by atoms with Crippen LogP contribution in [0.25, 0.3) is 10.9 Å². The lowest BCUT2D eigenvalue weighted by atomic mass is 10.1. The van der Waals surface area contributed by atoms with Gasteiger partial charge < -0.3 is 14.5 Å². The summed E-state index contributed by atoms with van der Waals surface area (Å²) in [6, 6.07) is 18.8. The normalized spacial score (nSPS) is 18.9. The minimum Gasteiger partial charge on any atom is -0.489 e. The highest BCUT2D eigenvalue weighted by Crippen LogP contribution is 2.34. The van der Waals surface area contributed by atoms with Crippen LogP contribution in [0.4, 0.5) is 5.69 Å². The summed E-state index contributed by atoms with van der Waals surface area (Å²) in [6.45, 7) is 7.35. The van der Waals surface area contributed by atoms with Crippen molar-refractivity contribution in [3.8, 4) is 11.8 Å². The predicted octanol–water partition coefficient (Wildman–Crippen LogP) is 5.06. The molecule has 32 heavy (non-hydrogen) atoms. The largest absolute Gasteiger partial charge is 0.489 e. The van der Waals surface area contributed by atoms with E-state index in [9.17, 15) is 0 Å². The van der Waals surface area contributed by atoms with E-state index in [1.54, 1.807) is 0 Å². The number of anilines is 1. The number of hydrogen-bond acceptors (Lipinski definition) is 5. The SMILES string of the molecule is Cc1cc(N2CCCC2CN2CCCC2)c2ccc(OCc3ccc(C#N)cc3)cc2n1. The van der Waals surface area contributed by atoms with Crippen LogP contribution >= 0.6 is 0 Å². The number of nitrogens with zero attached hydrogens (tertiary/aromatic N) is 4. The van der Waals surface area contributed by atoms with E-state index in [0.717, 1.165) is 29.1 Å². The second-order valence-electron chi connectivity index (χ2n) is 9.06. The van der Waals surface area contributed by atoms with Crippen molar-refractivity contribution >= 4 is 16.6 Å². The fourth-order valence-electron chi connectivity index (χ4n) is 5.09. The molecular formula is C27H30N4O. The van der Waals surface area contributed by atoms with Gasteiger partial charge in [0, 0.05) is 42.0 Å². The fraction of sp³-hybridized carbons (Fsp3) is 0.407. The molecule has 5 rings (SSSR count). The lowest BCUT2D eigenvalue weighted by molar-refractivity contribution is 0.306. The Morgan fingerprint density at radius 3 is 2.62 bits per heavy atom. The van der Waals surface area contributed by atoms with Crippen LogP contribution in [0.1, 0.15) is 42.5 Å². The van der Waals surface area contributed by atoms with Crippen LogP contribution in [-0.2, 0) is 6.61 Å². The molecule has 5 nitrogen and oxygen atoms in total. The summed E-state index contributed by atoms with van der Waals surface area (Å²) < 4.78 is 6.05. The van der Waals surface area contributed by atoms with Crippen molar-refractivity contribution in [3.63, 3.8) is 0 Å². The molecule has 0 N–H and O–H groups in total. The molecule has 0 amide bonds. The minimum absolute atomic E-state index is 0.472. The number of nitriles is 1. The van der Waals surface area contributed by atoms with E-state index < -0.39 is 0 Å². The van der Waals surface area contributed by atoms with Gasteiger partial charge in [0.1, 0.15) is 12.4 Å². The van der Waals surface area contributed by atoms with Crippen molar-refractivity contribution in [1.82, 2.24) is 9.88 Å². The molecule has 2 saturated heterocycles. The van der Waals surface area contributed by atoms with Crippen molar-refractivity contribution in [2.45, 2.75) is 45.3 Å². The monoisotopic (exact) mass is 426 g/mol. The summed E-state index contributed by atoms with van der Waals surface area (Å²) in [5.74, 6) is 0.820. The van der Waals surface area contributed by atoms with Crippen molar-refractivity contribution in [1.29, 1.82) is 5.26 Å². The van der Waals surface area contributed by atoms with Gasteiger partial charge in [-0.25, -0.2) is 0 Å². The van der Waals surface area contributed by atoms with E-state index in [-0.39, 0.29) is 0 Å².